The number of aromatic nitrogens is 1. The van der Waals surface area contributed by atoms with Gasteiger partial charge in [-0.2, -0.15) is 0 Å². The maximum atomic E-state index is 12.3. The molecule has 0 aliphatic rings. The zero-order valence-corrected chi connectivity index (χ0v) is 14.2. The molecule has 21 heavy (non-hydrogen) atoms. The number of hydrogen-bond donors (Lipinski definition) is 3. The van der Waals surface area contributed by atoms with Crippen LogP contribution < -0.4 is 10.6 Å². The van der Waals surface area contributed by atoms with Crippen molar-refractivity contribution in [2.24, 2.45) is 0 Å². The SMILES string of the molecule is CCCc1c(C(=O)NCC(C)NC)[nH]c(C)c1C(C)=O.Cl. The van der Waals surface area contributed by atoms with Crippen molar-refractivity contribution in [3.63, 3.8) is 0 Å². The van der Waals surface area contributed by atoms with E-state index in [2.05, 4.69) is 15.6 Å². The number of H-pyrrole nitrogens is 1. The van der Waals surface area contributed by atoms with Crippen molar-refractivity contribution >= 4 is 24.1 Å². The van der Waals surface area contributed by atoms with Crippen LogP contribution in [0.1, 0.15) is 59.3 Å². The largest absolute Gasteiger partial charge is 0.354 e. The van der Waals surface area contributed by atoms with E-state index in [1.54, 1.807) is 6.92 Å². The van der Waals surface area contributed by atoms with Crippen molar-refractivity contribution in [2.75, 3.05) is 13.6 Å². The number of rotatable bonds is 7. The molecule has 0 saturated heterocycles. The van der Waals surface area contributed by atoms with E-state index in [1.165, 1.54) is 0 Å². The van der Waals surface area contributed by atoms with Crippen LogP contribution in [-0.2, 0) is 6.42 Å². The fourth-order valence-electron chi connectivity index (χ4n) is 2.28. The quantitative estimate of drug-likeness (QED) is 0.676. The molecule has 0 aliphatic heterocycles. The minimum atomic E-state index is -0.147. The van der Waals surface area contributed by atoms with Gasteiger partial charge in [0.15, 0.2) is 5.78 Å². The summed E-state index contributed by atoms with van der Waals surface area (Å²) in [4.78, 5) is 27.1. The molecule has 0 bridgehead atoms. The van der Waals surface area contributed by atoms with Gasteiger partial charge in [0.2, 0.25) is 0 Å². The standard InChI is InChI=1S/C15H25N3O2.ClH/c1-6-7-12-13(11(4)19)10(3)18-14(12)15(20)17-8-9(2)16-5;/h9,16,18H,6-8H2,1-5H3,(H,17,20);1H. The average Bonchev–Trinajstić information content (AvgIpc) is 2.73. The minimum absolute atomic E-state index is 0. The summed E-state index contributed by atoms with van der Waals surface area (Å²) >= 11 is 0. The third kappa shape index (κ3) is 4.86. The van der Waals surface area contributed by atoms with Crippen molar-refractivity contribution < 1.29 is 9.59 Å². The summed E-state index contributed by atoms with van der Waals surface area (Å²) in [6.07, 6.45) is 1.62. The summed E-state index contributed by atoms with van der Waals surface area (Å²) < 4.78 is 0. The Morgan fingerprint density at radius 2 is 1.95 bits per heavy atom. The van der Waals surface area contributed by atoms with E-state index in [4.69, 9.17) is 0 Å². The van der Waals surface area contributed by atoms with E-state index in [9.17, 15) is 9.59 Å². The van der Waals surface area contributed by atoms with Gasteiger partial charge >= 0.3 is 0 Å². The van der Waals surface area contributed by atoms with Gasteiger partial charge < -0.3 is 15.6 Å². The van der Waals surface area contributed by atoms with E-state index in [0.717, 1.165) is 24.1 Å². The second-order valence-electron chi connectivity index (χ2n) is 5.18. The van der Waals surface area contributed by atoms with Gasteiger partial charge in [-0.1, -0.05) is 13.3 Å². The first-order chi connectivity index (χ1) is 9.42. The van der Waals surface area contributed by atoms with Gasteiger partial charge in [-0.05, 0) is 39.8 Å². The normalized spacial score (nSPS) is 11.7. The lowest BCUT2D eigenvalue weighted by atomic mass is 10.0. The highest BCUT2D eigenvalue weighted by Crippen LogP contribution is 2.21. The summed E-state index contributed by atoms with van der Waals surface area (Å²) in [6.45, 7) is 7.96. The monoisotopic (exact) mass is 315 g/mol. The zero-order valence-electron chi connectivity index (χ0n) is 13.4. The zero-order chi connectivity index (χ0) is 15.3. The van der Waals surface area contributed by atoms with E-state index in [1.807, 2.05) is 27.8 Å². The molecule has 0 spiro atoms. The molecule has 0 fully saturated rings. The molecule has 0 saturated carbocycles. The van der Waals surface area contributed by atoms with E-state index in [0.29, 0.717) is 17.8 Å². The topological polar surface area (TPSA) is 74.0 Å². The number of nitrogens with one attached hydrogen (secondary N) is 3. The predicted molar refractivity (Wildman–Crippen MR) is 87.6 cm³/mol. The fraction of sp³-hybridized carbons (Fsp3) is 0.600. The molecule has 3 N–H and O–H groups in total. The first-order valence-corrected chi connectivity index (χ1v) is 7.10. The predicted octanol–water partition coefficient (Wildman–Crippen LogP) is 2.24. The Bertz CT molecular complexity index is 497. The molecular formula is C15H26ClN3O2. The lowest BCUT2D eigenvalue weighted by molar-refractivity contribution is 0.0945. The van der Waals surface area contributed by atoms with Crippen molar-refractivity contribution in [3.8, 4) is 0 Å². The van der Waals surface area contributed by atoms with Crippen molar-refractivity contribution in [1.29, 1.82) is 0 Å². The molecule has 1 rings (SSSR count). The Hall–Kier alpha value is -1.33. The van der Waals surface area contributed by atoms with Crippen LogP contribution in [0, 0.1) is 6.92 Å². The number of Topliss-reactive ketones (excluding diaryl/α,β-unsaturated/α-hetero) is 1. The molecule has 1 aromatic heterocycles. The Labute approximate surface area is 132 Å². The summed E-state index contributed by atoms with van der Waals surface area (Å²) in [5.74, 6) is -0.143. The number of likely N-dealkylation sites (N-methyl/N-ethyl adjacent to an activating group) is 1. The number of ketones is 1. The molecule has 0 aromatic carbocycles. The van der Waals surface area contributed by atoms with Gasteiger partial charge in [0, 0.05) is 23.8 Å². The number of halogens is 1. The Kier molecular flexibility index (Phi) is 8.29. The molecule has 6 heteroatoms. The summed E-state index contributed by atoms with van der Waals surface area (Å²) in [5, 5.41) is 5.95. The van der Waals surface area contributed by atoms with Gasteiger partial charge in [0.1, 0.15) is 5.69 Å². The van der Waals surface area contributed by atoms with Gasteiger partial charge in [0.25, 0.3) is 5.91 Å². The van der Waals surface area contributed by atoms with Crippen LogP contribution in [0.15, 0.2) is 0 Å². The van der Waals surface area contributed by atoms with Crippen LogP contribution in [-0.4, -0.2) is 36.3 Å². The van der Waals surface area contributed by atoms with E-state index < -0.39 is 0 Å². The minimum Gasteiger partial charge on any atom is -0.354 e. The number of carbonyl (C=O) groups excluding carboxylic acids is 2. The number of aromatic amines is 1. The second-order valence-corrected chi connectivity index (χ2v) is 5.18. The van der Waals surface area contributed by atoms with Crippen molar-refractivity contribution in [3.05, 3.63) is 22.5 Å². The van der Waals surface area contributed by atoms with Gasteiger partial charge in [-0.15, -0.1) is 12.4 Å². The van der Waals surface area contributed by atoms with Crippen LogP contribution in [0.3, 0.4) is 0 Å². The lowest BCUT2D eigenvalue weighted by Gasteiger charge is -2.11. The Morgan fingerprint density at radius 3 is 2.43 bits per heavy atom. The summed E-state index contributed by atoms with van der Waals surface area (Å²) in [6, 6.07) is 0.205. The maximum absolute atomic E-state index is 12.3. The van der Waals surface area contributed by atoms with Crippen LogP contribution in [0.25, 0.3) is 0 Å². The number of aryl methyl sites for hydroxylation is 1. The smallest absolute Gasteiger partial charge is 0.268 e. The fourth-order valence-corrected chi connectivity index (χ4v) is 2.28. The Morgan fingerprint density at radius 1 is 1.33 bits per heavy atom. The molecule has 120 valence electrons. The number of carbonyl (C=O) groups is 2. The molecular weight excluding hydrogens is 290 g/mol. The lowest BCUT2D eigenvalue weighted by Crippen LogP contribution is -2.37. The van der Waals surface area contributed by atoms with Crippen LogP contribution in [0.2, 0.25) is 0 Å². The highest BCUT2D eigenvalue weighted by atomic mass is 35.5. The highest BCUT2D eigenvalue weighted by Gasteiger charge is 2.22. The first kappa shape index (κ1) is 19.7. The van der Waals surface area contributed by atoms with Crippen LogP contribution in [0.4, 0.5) is 0 Å². The molecule has 1 amide bonds. The summed E-state index contributed by atoms with van der Waals surface area (Å²) in [7, 11) is 1.85. The van der Waals surface area contributed by atoms with Crippen molar-refractivity contribution in [2.45, 2.75) is 46.6 Å². The molecule has 0 aliphatic carbocycles. The Balaban J connectivity index is 0.00000400. The van der Waals surface area contributed by atoms with E-state index in [-0.39, 0.29) is 30.1 Å². The molecule has 5 nitrogen and oxygen atoms in total. The number of hydrogen-bond acceptors (Lipinski definition) is 3. The molecule has 0 radical (unpaired) electrons. The van der Waals surface area contributed by atoms with Gasteiger partial charge in [-0.3, -0.25) is 9.59 Å². The summed E-state index contributed by atoms with van der Waals surface area (Å²) in [5.41, 5.74) is 2.80. The maximum Gasteiger partial charge on any atom is 0.268 e. The molecule has 1 atom stereocenters. The van der Waals surface area contributed by atoms with Crippen LogP contribution in [0.5, 0.6) is 0 Å². The number of amides is 1. The van der Waals surface area contributed by atoms with Crippen molar-refractivity contribution in [1.82, 2.24) is 15.6 Å². The van der Waals surface area contributed by atoms with Gasteiger partial charge in [0.05, 0.1) is 0 Å². The van der Waals surface area contributed by atoms with E-state index >= 15 is 0 Å². The average molecular weight is 316 g/mol. The third-order valence-electron chi connectivity index (χ3n) is 3.43. The highest BCUT2D eigenvalue weighted by molar-refractivity contribution is 6.02. The molecule has 1 heterocycles. The second kappa shape index (κ2) is 8.85. The van der Waals surface area contributed by atoms with Gasteiger partial charge in [-0.25, -0.2) is 0 Å². The molecule has 1 aromatic rings. The van der Waals surface area contributed by atoms with Crippen LogP contribution >= 0.6 is 12.4 Å². The first-order valence-electron chi connectivity index (χ1n) is 7.10. The third-order valence-corrected chi connectivity index (χ3v) is 3.43. The molecule has 1 unspecified atom stereocenters.